The molecule has 0 saturated heterocycles. The summed E-state index contributed by atoms with van der Waals surface area (Å²) in [5, 5.41) is 0.355. The average Bonchev–Trinajstić information content (AvgIpc) is 2.39. The van der Waals surface area contributed by atoms with E-state index in [4.69, 9.17) is 27.9 Å². The molecule has 2 aromatic carbocycles. The van der Waals surface area contributed by atoms with Crippen LogP contribution in [0.25, 0.3) is 0 Å². The van der Waals surface area contributed by atoms with E-state index in [1.807, 2.05) is 18.2 Å². The zero-order valence-corrected chi connectivity index (χ0v) is 12.9. The molecular formula is C14H10BrCl2FO. The molecule has 0 heterocycles. The minimum Gasteiger partial charge on any atom is -0.488 e. The van der Waals surface area contributed by atoms with Gasteiger partial charge in [0.05, 0.1) is 9.50 Å². The Morgan fingerprint density at radius 2 is 1.95 bits per heavy atom. The zero-order valence-electron chi connectivity index (χ0n) is 9.80. The minimum atomic E-state index is -0.360. The summed E-state index contributed by atoms with van der Waals surface area (Å²) in [5.74, 6) is 0.776. The van der Waals surface area contributed by atoms with Gasteiger partial charge in [-0.25, -0.2) is 4.39 Å². The highest BCUT2D eigenvalue weighted by molar-refractivity contribution is 9.10. The summed E-state index contributed by atoms with van der Waals surface area (Å²) < 4.78 is 19.4. The first-order chi connectivity index (χ1) is 9.10. The maximum absolute atomic E-state index is 12.9. The molecular weight excluding hydrogens is 354 g/mol. The molecule has 0 amide bonds. The lowest BCUT2D eigenvalue weighted by Gasteiger charge is -2.10. The summed E-state index contributed by atoms with van der Waals surface area (Å²) >= 11 is 15.1. The van der Waals surface area contributed by atoms with Gasteiger partial charge in [0.2, 0.25) is 0 Å². The summed E-state index contributed by atoms with van der Waals surface area (Å²) in [6.07, 6.45) is 0. The fourth-order valence-electron chi connectivity index (χ4n) is 1.54. The van der Waals surface area contributed by atoms with Crippen molar-refractivity contribution >= 4 is 39.1 Å². The third kappa shape index (κ3) is 3.85. The molecule has 100 valence electrons. The van der Waals surface area contributed by atoms with Crippen LogP contribution in [0.1, 0.15) is 11.1 Å². The summed E-state index contributed by atoms with van der Waals surface area (Å²) in [6, 6.07) is 9.86. The minimum absolute atomic E-state index is 0.276. The van der Waals surface area contributed by atoms with Gasteiger partial charge in [-0.05, 0) is 45.8 Å². The smallest absolute Gasteiger partial charge is 0.134 e. The van der Waals surface area contributed by atoms with Crippen LogP contribution in [-0.2, 0) is 12.5 Å². The third-order valence-electron chi connectivity index (χ3n) is 2.55. The summed E-state index contributed by atoms with van der Waals surface area (Å²) in [4.78, 5) is 0. The van der Waals surface area contributed by atoms with Gasteiger partial charge in [0.1, 0.15) is 18.2 Å². The summed E-state index contributed by atoms with van der Waals surface area (Å²) in [6.45, 7) is 0.276. The van der Waals surface area contributed by atoms with Gasteiger partial charge in [0.15, 0.2) is 0 Å². The van der Waals surface area contributed by atoms with Gasteiger partial charge in [-0.2, -0.15) is 0 Å². The Hall–Kier alpha value is -0.770. The summed E-state index contributed by atoms with van der Waals surface area (Å²) in [5.41, 5.74) is 1.73. The SMILES string of the molecule is Fc1ccc(COc2ccc(CCl)cc2Br)c(Cl)c1. The second-order valence-corrected chi connectivity index (χ2v) is 5.45. The molecule has 0 unspecified atom stereocenters. The van der Waals surface area contributed by atoms with Crippen LogP contribution in [-0.4, -0.2) is 0 Å². The van der Waals surface area contributed by atoms with Crippen molar-refractivity contribution in [1.29, 1.82) is 0 Å². The van der Waals surface area contributed by atoms with Crippen molar-refractivity contribution in [1.82, 2.24) is 0 Å². The lowest BCUT2D eigenvalue weighted by molar-refractivity contribution is 0.304. The van der Waals surface area contributed by atoms with E-state index in [9.17, 15) is 4.39 Å². The second-order valence-electron chi connectivity index (χ2n) is 3.92. The molecule has 0 radical (unpaired) electrons. The Morgan fingerprint density at radius 1 is 1.16 bits per heavy atom. The highest BCUT2D eigenvalue weighted by Crippen LogP contribution is 2.28. The zero-order chi connectivity index (χ0) is 13.8. The fourth-order valence-corrected chi connectivity index (χ4v) is 2.47. The molecule has 0 aliphatic heterocycles. The van der Waals surface area contributed by atoms with Crippen molar-refractivity contribution < 1.29 is 9.13 Å². The number of hydrogen-bond acceptors (Lipinski definition) is 1. The molecule has 0 aromatic heterocycles. The predicted molar refractivity (Wildman–Crippen MR) is 79.4 cm³/mol. The maximum atomic E-state index is 12.9. The van der Waals surface area contributed by atoms with E-state index < -0.39 is 0 Å². The number of benzene rings is 2. The monoisotopic (exact) mass is 362 g/mol. The van der Waals surface area contributed by atoms with E-state index in [2.05, 4.69) is 15.9 Å². The van der Waals surface area contributed by atoms with Crippen molar-refractivity contribution in [2.45, 2.75) is 12.5 Å². The highest BCUT2D eigenvalue weighted by atomic mass is 79.9. The van der Waals surface area contributed by atoms with E-state index >= 15 is 0 Å². The van der Waals surface area contributed by atoms with Gasteiger partial charge in [0.25, 0.3) is 0 Å². The molecule has 0 aliphatic rings. The standard InChI is InChI=1S/C14H10BrCl2FO/c15-12-5-9(7-16)1-4-14(12)19-8-10-2-3-11(18)6-13(10)17/h1-6H,7-8H2. The van der Waals surface area contributed by atoms with E-state index in [1.54, 1.807) is 6.07 Å². The first-order valence-electron chi connectivity index (χ1n) is 5.51. The van der Waals surface area contributed by atoms with Crippen molar-refractivity contribution in [3.8, 4) is 5.75 Å². The number of hydrogen-bond donors (Lipinski definition) is 0. The lowest BCUT2D eigenvalue weighted by atomic mass is 10.2. The molecule has 5 heteroatoms. The van der Waals surface area contributed by atoms with Crippen molar-refractivity contribution in [3.05, 3.63) is 62.8 Å². The number of alkyl halides is 1. The molecule has 1 nitrogen and oxygen atoms in total. The Kier molecular flexibility index (Phi) is 5.08. The molecule has 0 N–H and O–H groups in total. The molecule has 0 aliphatic carbocycles. The third-order valence-corrected chi connectivity index (χ3v) is 3.83. The van der Waals surface area contributed by atoms with Gasteiger partial charge in [-0.1, -0.05) is 23.7 Å². The maximum Gasteiger partial charge on any atom is 0.134 e. The van der Waals surface area contributed by atoms with Gasteiger partial charge in [-0.3, -0.25) is 0 Å². The topological polar surface area (TPSA) is 9.23 Å². The van der Waals surface area contributed by atoms with Gasteiger partial charge in [-0.15, -0.1) is 11.6 Å². The van der Waals surface area contributed by atoms with Crippen molar-refractivity contribution in [3.63, 3.8) is 0 Å². The quantitative estimate of drug-likeness (QED) is 0.646. The fraction of sp³-hybridized carbons (Fsp3) is 0.143. The molecule has 0 spiro atoms. The van der Waals surface area contributed by atoms with Crippen LogP contribution in [0.3, 0.4) is 0 Å². The van der Waals surface area contributed by atoms with Crippen LogP contribution in [0.4, 0.5) is 4.39 Å². The number of halogens is 4. The molecule has 0 atom stereocenters. The van der Waals surface area contributed by atoms with Crippen LogP contribution in [0, 0.1) is 5.82 Å². The van der Waals surface area contributed by atoms with Gasteiger partial charge in [0, 0.05) is 11.4 Å². The summed E-state index contributed by atoms with van der Waals surface area (Å²) in [7, 11) is 0. The first kappa shape index (κ1) is 14.6. The average molecular weight is 364 g/mol. The molecule has 2 aromatic rings. The molecule has 19 heavy (non-hydrogen) atoms. The molecule has 0 bridgehead atoms. The Bertz CT molecular complexity index is 590. The van der Waals surface area contributed by atoms with Crippen LogP contribution >= 0.6 is 39.1 Å². The molecule has 0 fully saturated rings. The van der Waals surface area contributed by atoms with Crippen molar-refractivity contribution in [2.24, 2.45) is 0 Å². The van der Waals surface area contributed by atoms with Crippen LogP contribution in [0.5, 0.6) is 5.75 Å². The Morgan fingerprint density at radius 3 is 2.58 bits per heavy atom. The Balaban J connectivity index is 2.10. The molecule has 2 rings (SSSR count). The first-order valence-corrected chi connectivity index (χ1v) is 7.22. The van der Waals surface area contributed by atoms with E-state index in [1.165, 1.54) is 12.1 Å². The van der Waals surface area contributed by atoms with Crippen LogP contribution in [0.15, 0.2) is 40.9 Å². The second kappa shape index (κ2) is 6.60. The van der Waals surface area contributed by atoms with Crippen LogP contribution in [0.2, 0.25) is 5.02 Å². The van der Waals surface area contributed by atoms with Crippen molar-refractivity contribution in [2.75, 3.05) is 0 Å². The van der Waals surface area contributed by atoms with E-state index in [0.29, 0.717) is 16.7 Å². The number of rotatable bonds is 4. The normalized spacial score (nSPS) is 10.5. The highest BCUT2D eigenvalue weighted by Gasteiger charge is 2.06. The van der Waals surface area contributed by atoms with Gasteiger partial charge >= 0.3 is 0 Å². The van der Waals surface area contributed by atoms with E-state index in [0.717, 1.165) is 15.6 Å². The predicted octanol–water partition coefficient (Wildman–Crippen LogP) is 5.56. The molecule has 0 saturated carbocycles. The number of ether oxygens (including phenoxy) is 1. The van der Waals surface area contributed by atoms with E-state index in [-0.39, 0.29) is 12.4 Å². The van der Waals surface area contributed by atoms with Gasteiger partial charge < -0.3 is 4.74 Å². The Labute approximate surface area is 129 Å². The largest absolute Gasteiger partial charge is 0.488 e. The lowest BCUT2D eigenvalue weighted by Crippen LogP contribution is -1.97. The van der Waals surface area contributed by atoms with Crippen LogP contribution < -0.4 is 4.74 Å².